The van der Waals surface area contributed by atoms with Gasteiger partial charge >= 0.3 is 0 Å². The van der Waals surface area contributed by atoms with Crippen molar-refractivity contribution >= 4 is 44.2 Å². The van der Waals surface area contributed by atoms with E-state index in [2.05, 4.69) is 20.3 Å². The highest BCUT2D eigenvalue weighted by Gasteiger charge is 2.62. The molecule has 12 nitrogen and oxygen atoms in total. The minimum Gasteiger partial charge on any atom is -0.497 e. The maximum absolute atomic E-state index is 14.6. The number of carbonyl (C=O) groups excluding carboxylic acids is 3. The standard InChI is InChI=1S/C37H43N5O7S/c1-48-27-13-9-12-26(20-27)39-31-15-6-4-2-3-5-11-25-22-37(25,36(45)41-50(46,47)29-16-17-29)40-33(43)32-21-28(23-42(32)35(31)44)49-34-30-14-8-7-10-24(30)18-19-38-34/h5,7-14,18-20,25,28-29,31-32,39H,2-4,6,15-17,21-23H2,1H3,(H,40,43)(H,41,45)/b11-5-/t25-,28+,31-,32-,37+/m0/s1. The fourth-order valence-electron chi connectivity index (χ4n) is 7.11. The molecule has 2 aliphatic heterocycles. The lowest BCUT2D eigenvalue weighted by atomic mass is 10.0. The number of ether oxygens (including phenoxy) is 2. The van der Waals surface area contributed by atoms with Crippen molar-refractivity contribution in [3.63, 3.8) is 0 Å². The van der Waals surface area contributed by atoms with Crippen molar-refractivity contribution in [1.82, 2.24) is 19.9 Å². The van der Waals surface area contributed by atoms with E-state index in [0.717, 1.165) is 36.5 Å². The first-order chi connectivity index (χ1) is 24.2. The molecular formula is C37H43N5O7S. The predicted octanol–water partition coefficient (Wildman–Crippen LogP) is 4.08. The van der Waals surface area contributed by atoms with Gasteiger partial charge in [0.1, 0.15) is 29.5 Å². The van der Waals surface area contributed by atoms with Crippen LogP contribution in [0.2, 0.25) is 0 Å². The summed E-state index contributed by atoms with van der Waals surface area (Å²) >= 11 is 0. The van der Waals surface area contributed by atoms with Gasteiger partial charge in [-0.05, 0) is 68.2 Å². The van der Waals surface area contributed by atoms with Crippen LogP contribution in [-0.4, -0.2) is 78.7 Å². The van der Waals surface area contributed by atoms with Gasteiger partial charge in [0.05, 0.1) is 18.9 Å². The number of anilines is 1. The lowest BCUT2D eigenvalue weighted by Crippen LogP contribution is -2.57. The Labute approximate surface area is 292 Å². The summed E-state index contributed by atoms with van der Waals surface area (Å²) in [7, 11) is -2.26. The number of benzene rings is 2. The minimum absolute atomic E-state index is 0.122. The number of sulfonamides is 1. The Bertz CT molecular complexity index is 1910. The molecule has 3 aromatic rings. The summed E-state index contributed by atoms with van der Waals surface area (Å²) < 4.78 is 39.7. The van der Waals surface area contributed by atoms with Gasteiger partial charge in [-0.1, -0.05) is 49.3 Å². The highest BCUT2D eigenvalue weighted by Crippen LogP contribution is 2.46. The van der Waals surface area contributed by atoms with Crippen LogP contribution in [0.25, 0.3) is 10.8 Å². The number of aromatic nitrogens is 1. The number of hydrogen-bond acceptors (Lipinski definition) is 9. The zero-order chi connectivity index (χ0) is 34.9. The van der Waals surface area contributed by atoms with Crippen LogP contribution in [0.1, 0.15) is 57.8 Å². The van der Waals surface area contributed by atoms with Crippen LogP contribution < -0.4 is 24.8 Å². The Morgan fingerprint density at radius 3 is 2.70 bits per heavy atom. The monoisotopic (exact) mass is 701 g/mol. The molecule has 3 N–H and O–H groups in total. The number of amides is 3. The maximum Gasteiger partial charge on any atom is 0.259 e. The van der Waals surface area contributed by atoms with E-state index in [1.54, 1.807) is 18.2 Å². The molecule has 3 fully saturated rings. The molecule has 2 saturated carbocycles. The van der Waals surface area contributed by atoms with Crippen LogP contribution in [0.15, 0.2) is 72.9 Å². The number of methoxy groups -OCH3 is 1. The van der Waals surface area contributed by atoms with E-state index in [1.165, 1.54) is 0 Å². The molecule has 1 saturated heterocycles. The van der Waals surface area contributed by atoms with E-state index < -0.39 is 50.8 Å². The third kappa shape index (κ3) is 7.14. The lowest BCUT2D eigenvalue weighted by molar-refractivity contribution is -0.140. The van der Waals surface area contributed by atoms with Gasteiger partial charge in [-0.15, -0.1) is 0 Å². The number of rotatable bonds is 8. The average Bonchev–Trinajstić information content (AvgIpc) is 4.04. The molecular weight excluding hydrogens is 659 g/mol. The minimum atomic E-state index is -3.84. The van der Waals surface area contributed by atoms with Crippen LogP contribution >= 0.6 is 0 Å². The molecule has 7 rings (SSSR count). The molecule has 50 heavy (non-hydrogen) atoms. The van der Waals surface area contributed by atoms with Gasteiger partial charge in [0.15, 0.2) is 0 Å². The van der Waals surface area contributed by atoms with Crippen molar-refractivity contribution in [2.45, 2.75) is 86.8 Å². The normalized spacial score (nSPS) is 27.9. The van der Waals surface area contributed by atoms with Crippen LogP contribution in [0, 0.1) is 5.92 Å². The second kappa shape index (κ2) is 13.9. The largest absolute Gasteiger partial charge is 0.497 e. The SMILES string of the molecule is COc1cccc(N[C@H]2CCCCC/C=C\[C@H]3C[C@@]3(C(=O)NS(=O)(=O)C3CC3)NC(=O)[C@@H]3C[C@@H](Oc4nccc5ccccc45)CN3C2=O)c1. The number of pyridine rings is 1. The molecule has 2 aliphatic carbocycles. The summed E-state index contributed by atoms with van der Waals surface area (Å²) in [6, 6.07) is 15.3. The summed E-state index contributed by atoms with van der Waals surface area (Å²) in [4.78, 5) is 48.6. The number of nitrogens with one attached hydrogen (secondary N) is 3. The first kappa shape index (κ1) is 33.8. The second-order valence-electron chi connectivity index (χ2n) is 13.8. The van der Waals surface area contributed by atoms with Gasteiger partial charge in [0.25, 0.3) is 5.91 Å². The predicted molar refractivity (Wildman–Crippen MR) is 188 cm³/mol. The maximum atomic E-state index is 14.6. The molecule has 0 bridgehead atoms. The number of fused-ring (bicyclic) bond motifs is 3. The summed E-state index contributed by atoms with van der Waals surface area (Å²) in [5.41, 5.74) is -0.719. The topological polar surface area (TPSA) is 156 Å². The number of hydrogen-bond donors (Lipinski definition) is 3. The molecule has 0 spiro atoms. The van der Waals surface area contributed by atoms with Crippen LogP contribution in [0.5, 0.6) is 11.6 Å². The highest BCUT2D eigenvalue weighted by atomic mass is 32.2. The number of allylic oxidation sites excluding steroid dienone is 1. The van der Waals surface area contributed by atoms with Crippen molar-refractivity contribution in [3.05, 3.63) is 72.9 Å². The van der Waals surface area contributed by atoms with Crippen molar-refractivity contribution < 1.29 is 32.3 Å². The molecule has 0 unspecified atom stereocenters. The molecule has 1 aromatic heterocycles. The van der Waals surface area contributed by atoms with Crippen LogP contribution in [0.3, 0.4) is 0 Å². The van der Waals surface area contributed by atoms with Crippen molar-refractivity contribution in [3.8, 4) is 11.6 Å². The quantitative estimate of drug-likeness (QED) is 0.295. The fraction of sp³-hybridized carbons (Fsp3) is 0.459. The third-order valence-corrected chi connectivity index (χ3v) is 12.0. The Morgan fingerprint density at radius 2 is 1.88 bits per heavy atom. The Kier molecular flexibility index (Phi) is 9.42. The van der Waals surface area contributed by atoms with Crippen molar-refractivity contribution in [2.75, 3.05) is 19.0 Å². The molecule has 4 aliphatic rings. The van der Waals surface area contributed by atoms with Crippen molar-refractivity contribution in [2.24, 2.45) is 5.92 Å². The molecule has 264 valence electrons. The van der Waals surface area contributed by atoms with Gasteiger partial charge in [0.2, 0.25) is 27.7 Å². The van der Waals surface area contributed by atoms with Gasteiger partial charge in [-0.25, -0.2) is 13.4 Å². The first-order valence-electron chi connectivity index (χ1n) is 17.4. The summed E-state index contributed by atoms with van der Waals surface area (Å²) in [5.74, 6) is -0.848. The fourth-order valence-corrected chi connectivity index (χ4v) is 8.47. The Morgan fingerprint density at radius 1 is 1.04 bits per heavy atom. The third-order valence-electron chi connectivity index (χ3n) is 10.2. The molecule has 2 aromatic carbocycles. The average molecular weight is 702 g/mol. The smallest absolute Gasteiger partial charge is 0.259 e. The van der Waals surface area contributed by atoms with Crippen molar-refractivity contribution in [1.29, 1.82) is 0 Å². The van der Waals surface area contributed by atoms with E-state index in [0.29, 0.717) is 36.6 Å². The van der Waals surface area contributed by atoms with E-state index in [-0.39, 0.29) is 31.2 Å². The zero-order valence-corrected chi connectivity index (χ0v) is 28.9. The van der Waals surface area contributed by atoms with Gasteiger partial charge < -0.3 is 25.0 Å². The van der Waals surface area contributed by atoms with Gasteiger partial charge in [0, 0.05) is 35.7 Å². The van der Waals surface area contributed by atoms with Gasteiger partial charge in [-0.2, -0.15) is 0 Å². The lowest BCUT2D eigenvalue weighted by Gasteiger charge is -2.30. The Hall–Kier alpha value is -4.65. The summed E-state index contributed by atoms with van der Waals surface area (Å²) in [5, 5.41) is 7.50. The molecule has 5 atom stereocenters. The number of nitrogens with zero attached hydrogens (tertiary/aromatic N) is 2. The molecule has 3 amide bonds. The molecule has 0 radical (unpaired) electrons. The second-order valence-corrected chi connectivity index (χ2v) is 15.7. The summed E-state index contributed by atoms with van der Waals surface area (Å²) in [6.45, 7) is 0.122. The van der Waals surface area contributed by atoms with Crippen LogP contribution in [-0.2, 0) is 24.4 Å². The molecule has 3 heterocycles. The highest BCUT2D eigenvalue weighted by molar-refractivity contribution is 7.91. The first-order valence-corrected chi connectivity index (χ1v) is 19.0. The van der Waals surface area contributed by atoms with E-state index in [1.807, 2.05) is 66.7 Å². The Balaban J connectivity index is 1.20. The number of carbonyl (C=O) groups is 3. The molecule has 13 heteroatoms. The van der Waals surface area contributed by atoms with E-state index in [4.69, 9.17) is 9.47 Å². The zero-order valence-electron chi connectivity index (χ0n) is 28.0. The van der Waals surface area contributed by atoms with Crippen LogP contribution in [0.4, 0.5) is 5.69 Å². The van der Waals surface area contributed by atoms with Gasteiger partial charge in [-0.3, -0.25) is 19.1 Å². The van der Waals surface area contributed by atoms with E-state index in [9.17, 15) is 22.8 Å². The summed E-state index contributed by atoms with van der Waals surface area (Å²) in [6.07, 6.45) is 10.3. The van der Waals surface area contributed by atoms with E-state index >= 15 is 0 Å².